The van der Waals surface area contributed by atoms with Gasteiger partial charge >= 0.3 is 0 Å². The van der Waals surface area contributed by atoms with Gasteiger partial charge in [0.1, 0.15) is 0 Å². The van der Waals surface area contributed by atoms with E-state index in [1.165, 1.54) is 22.7 Å². The van der Waals surface area contributed by atoms with Crippen LogP contribution in [0.2, 0.25) is 6.04 Å². The first kappa shape index (κ1) is 7.14. The average Bonchev–Trinajstić information content (AvgIpc) is 1.69. The molecule has 3 heteroatoms. The number of hydroxylamine groups is 1. The molecule has 0 aromatic heterocycles. The van der Waals surface area contributed by atoms with Gasteiger partial charge < -0.3 is 4.84 Å². The van der Waals surface area contributed by atoms with Gasteiger partial charge in [0, 0.05) is 16.8 Å². The minimum absolute atomic E-state index is 1.00. The second-order valence-electron chi connectivity index (χ2n) is 1.45. The Labute approximate surface area is 47.6 Å². The maximum absolute atomic E-state index is 4.61. The predicted octanol–water partition coefficient (Wildman–Crippen LogP) is -0.689. The van der Waals surface area contributed by atoms with Crippen LogP contribution in [0.25, 0.3) is 0 Å². The lowest BCUT2D eigenvalue weighted by Crippen LogP contribution is -2.12. The van der Waals surface area contributed by atoms with Crippen molar-refractivity contribution in [3.63, 3.8) is 0 Å². The summed E-state index contributed by atoms with van der Waals surface area (Å²) in [7, 11) is 2.96. The van der Waals surface area contributed by atoms with E-state index in [0.29, 0.717) is 0 Å². The quantitative estimate of drug-likeness (QED) is 0.300. The van der Waals surface area contributed by atoms with Crippen molar-refractivity contribution in [2.75, 3.05) is 13.7 Å². The SMILES string of the molecule is CONCCC[SiH3]. The molecule has 0 atom stereocenters. The number of nitrogens with one attached hydrogen (secondary N) is 1. The first-order valence-electron chi connectivity index (χ1n) is 2.67. The highest BCUT2D eigenvalue weighted by molar-refractivity contribution is 6.08. The third-order valence-electron chi connectivity index (χ3n) is 0.777. The fraction of sp³-hybridized carbons (Fsp3) is 1.00. The van der Waals surface area contributed by atoms with Crippen molar-refractivity contribution in [3.8, 4) is 0 Å². The summed E-state index contributed by atoms with van der Waals surface area (Å²) in [5.41, 5.74) is 2.77. The highest BCUT2D eigenvalue weighted by Crippen LogP contribution is 1.78. The topological polar surface area (TPSA) is 21.3 Å². The Bertz CT molecular complexity index is 30.9. The molecule has 0 spiro atoms. The van der Waals surface area contributed by atoms with Gasteiger partial charge in [-0.25, -0.2) is 5.48 Å². The lowest BCUT2D eigenvalue weighted by molar-refractivity contribution is 0.0920. The van der Waals surface area contributed by atoms with Crippen LogP contribution >= 0.6 is 0 Å². The van der Waals surface area contributed by atoms with Crippen LogP contribution in [-0.2, 0) is 4.84 Å². The summed E-state index contributed by atoms with van der Waals surface area (Å²) in [6.45, 7) is 1.00. The van der Waals surface area contributed by atoms with Gasteiger partial charge in [0.2, 0.25) is 0 Å². The molecule has 0 saturated heterocycles. The molecule has 0 bridgehead atoms. The summed E-state index contributed by atoms with van der Waals surface area (Å²) in [4.78, 5) is 4.61. The molecule has 0 saturated carbocycles. The first-order valence-corrected chi connectivity index (χ1v) is 4.09. The van der Waals surface area contributed by atoms with Gasteiger partial charge in [-0.2, -0.15) is 0 Å². The molecule has 0 aliphatic rings. The van der Waals surface area contributed by atoms with E-state index >= 15 is 0 Å². The van der Waals surface area contributed by atoms with E-state index in [4.69, 9.17) is 0 Å². The van der Waals surface area contributed by atoms with Crippen LogP contribution < -0.4 is 5.48 Å². The van der Waals surface area contributed by atoms with Gasteiger partial charge in [-0.05, 0) is 6.42 Å². The Hall–Kier alpha value is 0.137. The van der Waals surface area contributed by atoms with Crippen molar-refractivity contribution in [2.45, 2.75) is 12.5 Å². The van der Waals surface area contributed by atoms with Crippen molar-refractivity contribution in [1.82, 2.24) is 5.48 Å². The Kier molecular flexibility index (Phi) is 6.26. The molecule has 0 rings (SSSR count). The van der Waals surface area contributed by atoms with Crippen LogP contribution in [-0.4, -0.2) is 23.9 Å². The summed E-state index contributed by atoms with van der Waals surface area (Å²) in [5, 5.41) is 0. The third-order valence-corrected chi connectivity index (χ3v) is 1.48. The van der Waals surface area contributed by atoms with Crippen LogP contribution in [0.15, 0.2) is 0 Å². The van der Waals surface area contributed by atoms with E-state index in [2.05, 4.69) is 10.3 Å². The second-order valence-corrected chi connectivity index (χ2v) is 2.45. The zero-order valence-corrected chi connectivity index (χ0v) is 7.03. The number of hydrogen-bond acceptors (Lipinski definition) is 2. The molecule has 1 N–H and O–H groups in total. The monoisotopic (exact) mass is 119 g/mol. The van der Waals surface area contributed by atoms with Crippen molar-refractivity contribution < 1.29 is 4.84 Å². The van der Waals surface area contributed by atoms with Crippen LogP contribution in [0.5, 0.6) is 0 Å². The smallest absolute Gasteiger partial charge is 0.0572 e. The van der Waals surface area contributed by atoms with Gasteiger partial charge in [0.25, 0.3) is 0 Å². The molecule has 0 aliphatic heterocycles. The molecule has 7 heavy (non-hydrogen) atoms. The van der Waals surface area contributed by atoms with Crippen molar-refractivity contribution in [3.05, 3.63) is 0 Å². The fourth-order valence-electron chi connectivity index (χ4n) is 0.351. The zero-order chi connectivity index (χ0) is 5.54. The minimum Gasteiger partial charge on any atom is -0.305 e. The number of rotatable bonds is 4. The summed E-state index contributed by atoms with van der Waals surface area (Å²) < 4.78 is 0. The largest absolute Gasteiger partial charge is 0.305 e. The second kappa shape index (κ2) is 6.14. The van der Waals surface area contributed by atoms with Crippen molar-refractivity contribution in [2.24, 2.45) is 0 Å². The molecule has 0 radical (unpaired) electrons. The molecule has 0 unspecified atom stereocenters. The summed E-state index contributed by atoms with van der Waals surface area (Å²) in [6, 6.07) is 1.36. The Morgan fingerprint density at radius 3 is 2.86 bits per heavy atom. The van der Waals surface area contributed by atoms with E-state index in [0.717, 1.165) is 6.54 Å². The van der Waals surface area contributed by atoms with Crippen LogP contribution in [0, 0.1) is 0 Å². The predicted molar refractivity (Wildman–Crippen MR) is 34.4 cm³/mol. The molecule has 0 amide bonds. The molecule has 0 fully saturated rings. The highest BCUT2D eigenvalue weighted by Gasteiger charge is 1.77. The van der Waals surface area contributed by atoms with E-state index < -0.39 is 0 Å². The molecule has 0 aliphatic carbocycles. The minimum atomic E-state index is 1.00. The van der Waals surface area contributed by atoms with Gasteiger partial charge in [-0.15, -0.1) is 0 Å². The molecule has 0 aromatic carbocycles. The summed E-state index contributed by atoms with van der Waals surface area (Å²) in [5.74, 6) is 0. The molecule has 2 nitrogen and oxygen atoms in total. The van der Waals surface area contributed by atoms with E-state index in [-0.39, 0.29) is 0 Å². The van der Waals surface area contributed by atoms with Gasteiger partial charge in [-0.1, -0.05) is 6.04 Å². The normalized spacial score (nSPS) is 9.86. The third kappa shape index (κ3) is 6.14. The molecule has 0 aromatic rings. The lowest BCUT2D eigenvalue weighted by Gasteiger charge is -1.95. The molecule has 44 valence electrons. The van der Waals surface area contributed by atoms with Crippen LogP contribution in [0.1, 0.15) is 6.42 Å². The standard InChI is InChI=1S/C4H13NOSi/c1-6-5-3-2-4-7/h5H,2-4H2,1,7H3. The Morgan fingerprint density at radius 1 is 1.71 bits per heavy atom. The van der Waals surface area contributed by atoms with Gasteiger partial charge in [0.05, 0.1) is 7.11 Å². The Morgan fingerprint density at radius 2 is 2.43 bits per heavy atom. The van der Waals surface area contributed by atoms with Gasteiger partial charge in [0.15, 0.2) is 0 Å². The maximum atomic E-state index is 4.61. The highest BCUT2D eigenvalue weighted by atomic mass is 28.1. The van der Waals surface area contributed by atoms with Crippen LogP contribution in [0.3, 0.4) is 0 Å². The fourth-order valence-corrected chi connectivity index (χ4v) is 0.705. The average molecular weight is 119 g/mol. The summed E-state index contributed by atoms with van der Waals surface area (Å²) >= 11 is 0. The maximum Gasteiger partial charge on any atom is 0.0572 e. The van der Waals surface area contributed by atoms with Crippen LogP contribution in [0.4, 0.5) is 0 Å². The van der Waals surface area contributed by atoms with E-state index in [1.807, 2.05) is 0 Å². The lowest BCUT2D eigenvalue weighted by atomic mass is 10.5. The zero-order valence-electron chi connectivity index (χ0n) is 5.03. The molecule has 0 heterocycles. The van der Waals surface area contributed by atoms with Gasteiger partial charge in [-0.3, -0.25) is 0 Å². The van der Waals surface area contributed by atoms with E-state index in [1.54, 1.807) is 7.11 Å². The van der Waals surface area contributed by atoms with Crippen molar-refractivity contribution >= 4 is 10.2 Å². The number of hydrogen-bond donors (Lipinski definition) is 1. The summed E-state index contributed by atoms with van der Waals surface area (Å²) in [6.07, 6.45) is 1.25. The first-order chi connectivity index (χ1) is 3.41. The molecular formula is C4H13NOSi. The molecular weight excluding hydrogens is 106 g/mol. The Balaban J connectivity index is 2.45. The van der Waals surface area contributed by atoms with Crippen molar-refractivity contribution in [1.29, 1.82) is 0 Å². The van der Waals surface area contributed by atoms with E-state index in [9.17, 15) is 0 Å².